The molecule has 0 aliphatic rings. The first-order valence-electron chi connectivity index (χ1n) is 5.09. The van der Waals surface area contributed by atoms with Gasteiger partial charge in [-0.25, -0.2) is 0 Å². The summed E-state index contributed by atoms with van der Waals surface area (Å²) in [5, 5.41) is 10.1. The standard InChI is InChI=1S/C12H26O/c1-10(2,3)9(11(4,5)6)12(7,8)13/h9,13H,1-8H3. The lowest BCUT2D eigenvalue weighted by Gasteiger charge is -2.47. The molecule has 0 spiro atoms. The van der Waals surface area contributed by atoms with E-state index in [0.29, 0.717) is 0 Å². The summed E-state index contributed by atoms with van der Waals surface area (Å²) in [6.45, 7) is 17.0. The molecule has 13 heavy (non-hydrogen) atoms. The first-order chi connectivity index (χ1) is 5.37. The van der Waals surface area contributed by atoms with Gasteiger partial charge < -0.3 is 5.11 Å². The molecule has 0 aliphatic carbocycles. The summed E-state index contributed by atoms with van der Waals surface area (Å²) < 4.78 is 0. The maximum atomic E-state index is 10.1. The molecule has 0 rings (SSSR count). The van der Waals surface area contributed by atoms with Gasteiger partial charge in [0.25, 0.3) is 0 Å². The fourth-order valence-corrected chi connectivity index (χ4v) is 3.42. The Morgan fingerprint density at radius 1 is 0.692 bits per heavy atom. The van der Waals surface area contributed by atoms with Crippen molar-refractivity contribution in [3.05, 3.63) is 0 Å². The van der Waals surface area contributed by atoms with Crippen LogP contribution in [0.15, 0.2) is 0 Å². The summed E-state index contributed by atoms with van der Waals surface area (Å²) in [6.07, 6.45) is 0. The lowest BCUT2D eigenvalue weighted by molar-refractivity contribution is -0.0857. The van der Waals surface area contributed by atoms with Crippen LogP contribution in [0.5, 0.6) is 0 Å². The van der Waals surface area contributed by atoms with E-state index in [1.54, 1.807) is 0 Å². The number of hydrogen-bond donors (Lipinski definition) is 1. The topological polar surface area (TPSA) is 20.2 Å². The zero-order valence-corrected chi connectivity index (χ0v) is 10.5. The monoisotopic (exact) mass is 186 g/mol. The third-order valence-corrected chi connectivity index (χ3v) is 2.44. The highest BCUT2D eigenvalue weighted by Crippen LogP contribution is 2.46. The van der Waals surface area contributed by atoms with Gasteiger partial charge in [0.1, 0.15) is 0 Å². The van der Waals surface area contributed by atoms with Crippen LogP contribution in [0.1, 0.15) is 55.4 Å². The minimum atomic E-state index is -0.615. The van der Waals surface area contributed by atoms with E-state index in [4.69, 9.17) is 0 Å². The van der Waals surface area contributed by atoms with E-state index >= 15 is 0 Å². The van der Waals surface area contributed by atoms with Crippen molar-refractivity contribution in [1.82, 2.24) is 0 Å². The molecule has 1 heteroatoms. The fraction of sp³-hybridized carbons (Fsp3) is 1.00. The Kier molecular flexibility index (Phi) is 3.26. The van der Waals surface area contributed by atoms with Crippen molar-refractivity contribution in [3.63, 3.8) is 0 Å². The average molecular weight is 186 g/mol. The Labute approximate surface area is 83.5 Å². The number of hydrogen-bond acceptors (Lipinski definition) is 1. The van der Waals surface area contributed by atoms with Crippen molar-refractivity contribution in [3.8, 4) is 0 Å². The molecule has 80 valence electrons. The summed E-state index contributed by atoms with van der Waals surface area (Å²) in [5.74, 6) is 0.285. The summed E-state index contributed by atoms with van der Waals surface area (Å²) in [6, 6.07) is 0. The van der Waals surface area contributed by atoms with Crippen LogP contribution in [0.4, 0.5) is 0 Å². The van der Waals surface area contributed by atoms with Crippen molar-refractivity contribution in [2.75, 3.05) is 0 Å². The minimum absolute atomic E-state index is 0.135. The van der Waals surface area contributed by atoms with E-state index in [1.807, 2.05) is 13.8 Å². The highest BCUT2D eigenvalue weighted by Gasteiger charge is 2.43. The van der Waals surface area contributed by atoms with Gasteiger partial charge in [-0.3, -0.25) is 0 Å². The van der Waals surface area contributed by atoms with E-state index in [-0.39, 0.29) is 16.7 Å². The third-order valence-electron chi connectivity index (χ3n) is 2.44. The predicted octanol–water partition coefficient (Wildman–Crippen LogP) is 3.47. The minimum Gasteiger partial charge on any atom is -0.390 e. The molecular weight excluding hydrogens is 160 g/mol. The highest BCUT2D eigenvalue weighted by atomic mass is 16.3. The smallest absolute Gasteiger partial charge is 0.0629 e. The van der Waals surface area contributed by atoms with E-state index in [9.17, 15) is 5.11 Å². The van der Waals surface area contributed by atoms with Crippen molar-refractivity contribution < 1.29 is 5.11 Å². The van der Waals surface area contributed by atoms with E-state index < -0.39 is 5.60 Å². The van der Waals surface area contributed by atoms with Gasteiger partial charge in [0.2, 0.25) is 0 Å². The Morgan fingerprint density at radius 2 is 0.923 bits per heavy atom. The van der Waals surface area contributed by atoms with Crippen LogP contribution in [0.3, 0.4) is 0 Å². The normalized spacial score (nSPS) is 15.2. The molecule has 0 aromatic carbocycles. The zero-order valence-electron chi connectivity index (χ0n) is 10.5. The van der Waals surface area contributed by atoms with Gasteiger partial charge in [-0.1, -0.05) is 41.5 Å². The van der Waals surface area contributed by atoms with Gasteiger partial charge in [0, 0.05) is 0 Å². The average Bonchev–Trinajstić information content (AvgIpc) is 1.44. The molecule has 0 atom stereocenters. The molecule has 1 nitrogen and oxygen atoms in total. The molecule has 0 fully saturated rings. The third kappa shape index (κ3) is 3.68. The van der Waals surface area contributed by atoms with Crippen molar-refractivity contribution in [2.45, 2.75) is 61.0 Å². The number of aliphatic hydroxyl groups is 1. The molecular formula is C12H26O. The van der Waals surface area contributed by atoms with Gasteiger partial charge in [-0.15, -0.1) is 0 Å². The summed E-state index contributed by atoms with van der Waals surface area (Å²) >= 11 is 0. The van der Waals surface area contributed by atoms with Gasteiger partial charge in [0.05, 0.1) is 5.60 Å². The lowest BCUT2D eigenvalue weighted by atomic mass is 9.60. The molecule has 0 aromatic rings. The predicted molar refractivity (Wildman–Crippen MR) is 58.7 cm³/mol. The largest absolute Gasteiger partial charge is 0.390 e. The quantitative estimate of drug-likeness (QED) is 0.665. The van der Waals surface area contributed by atoms with E-state index in [2.05, 4.69) is 41.5 Å². The second kappa shape index (κ2) is 3.27. The Balaban J connectivity index is 5.02. The molecule has 0 saturated carbocycles. The molecule has 0 bridgehead atoms. The lowest BCUT2D eigenvalue weighted by Crippen LogP contribution is -2.47. The molecule has 0 aliphatic heterocycles. The van der Waals surface area contributed by atoms with E-state index in [0.717, 1.165) is 0 Å². The maximum absolute atomic E-state index is 10.1. The summed E-state index contributed by atoms with van der Waals surface area (Å²) in [7, 11) is 0. The maximum Gasteiger partial charge on any atom is 0.0629 e. The molecule has 0 unspecified atom stereocenters. The SMILES string of the molecule is CC(C)(C)C(C(C)(C)C)C(C)(C)O. The van der Waals surface area contributed by atoms with Crippen molar-refractivity contribution in [1.29, 1.82) is 0 Å². The zero-order chi connectivity index (χ0) is 11.1. The fourth-order valence-electron chi connectivity index (χ4n) is 3.42. The van der Waals surface area contributed by atoms with Crippen LogP contribution in [0.25, 0.3) is 0 Å². The molecule has 0 aromatic heterocycles. The Morgan fingerprint density at radius 3 is 0.923 bits per heavy atom. The highest BCUT2D eigenvalue weighted by molar-refractivity contribution is 4.93. The Hall–Kier alpha value is -0.0400. The van der Waals surface area contributed by atoms with Gasteiger partial charge in [0.15, 0.2) is 0 Å². The second-order valence-electron chi connectivity index (χ2n) is 6.82. The van der Waals surface area contributed by atoms with Crippen LogP contribution in [0, 0.1) is 16.7 Å². The summed E-state index contributed by atoms with van der Waals surface area (Å²) in [5.41, 5.74) is -0.344. The van der Waals surface area contributed by atoms with Crippen molar-refractivity contribution in [2.24, 2.45) is 16.7 Å². The van der Waals surface area contributed by atoms with Crippen LogP contribution in [0.2, 0.25) is 0 Å². The van der Waals surface area contributed by atoms with Crippen LogP contribution in [-0.4, -0.2) is 10.7 Å². The molecule has 1 N–H and O–H groups in total. The first-order valence-corrected chi connectivity index (χ1v) is 5.09. The Bertz CT molecular complexity index is 128. The van der Waals surface area contributed by atoms with Crippen LogP contribution >= 0.6 is 0 Å². The summed E-state index contributed by atoms with van der Waals surface area (Å²) in [4.78, 5) is 0. The van der Waals surface area contributed by atoms with E-state index in [1.165, 1.54) is 0 Å². The molecule has 0 heterocycles. The van der Waals surface area contributed by atoms with Gasteiger partial charge in [-0.2, -0.15) is 0 Å². The first kappa shape index (κ1) is 13.0. The molecule has 0 saturated heterocycles. The van der Waals surface area contributed by atoms with Gasteiger partial charge >= 0.3 is 0 Å². The van der Waals surface area contributed by atoms with Crippen LogP contribution in [-0.2, 0) is 0 Å². The van der Waals surface area contributed by atoms with Gasteiger partial charge in [-0.05, 0) is 30.6 Å². The molecule has 0 radical (unpaired) electrons. The number of rotatable bonds is 1. The molecule has 0 amide bonds. The van der Waals surface area contributed by atoms with Crippen molar-refractivity contribution >= 4 is 0 Å². The van der Waals surface area contributed by atoms with Crippen LogP contribution < -0.4 is 0 Å². The second-order valence-corrected chi connectivity index (χ2v) is 6.82.